The predicted octanol–water partition coefficient (Wildman–Crippen LogP) is 2.85. The number of nitrogens with one attached hydrogen (secondary N) is 2. The number of para-hydroxylation sites is 1. The normalized spacial score (nSPS) is 11.1. The first-order valence-electron chi connectivity index (χ1n) is 8.09. The molecule has 0 bridgehead atoms. The third kappa shape index (κ3) is 2.95. The maximum Gasteiger partial charge on any atom is 0.288 e. The largest absolute Gasteiger partial charge is 0.350 e. The summed E-state index contributed by atoms with van der Waals surface area (Å²) < 4.78 is 1.72. The average molecular weight is 367 g/mol. The second-order valence-corrected chi connectivity index (χ2v) is 6.40. The number of carbonyl (C=O) groups is 1. The van der Waals surface area contributed by atoms with Crippen LogP contribution in [0.4, 0.5) is 0 Å². The standard InChI is InChI=1S/C19H15ClN4O2/c20-13-7-5-12(6-8-13)9-21-17(25)11-24-16-4-2-1-3-14(16)15-10-22-23-19(26)18(15)24/h1-8,10H,9,11H2,(H,21,25)(H,23,26). The quantitative estimate of drug-likeness (QED) is 0.583. The molecule has 0 unspecified atom stereocenters. The Morgan fingerprint density at radius 1 is 1.12 bits per heavy atom. The van der Waals surface area contributed by atoms with Crippen LogP contribution in [0.2, 0.25) is 5.02 Å². The Bertz CT molecular complexity index is 1160. The van der Waals surface area contributed by atoms with Gasteiger partial charge in [-0.05, 0) is 23.8 Å². The highest BCUT2D eigenvalue weighted by atomic mass is 35.5. The average Bonchev–Trinajstić information content (AvgIpc) is 2.97. The van der Waals surface area contributed by atoms with Crippen LogP contribution in [0.1, 0.15) is 5.56 Å². The Morgan fingerprint density at radius 2 is 1.88 bits per heavy atom. The van der Waals surface area contributed by atoms with Gasteiger partial charge < -0.3 is 9.88 Å². The molecule has 1 amide bonds. The van der Waals surface area contributed by atoms with E-state index in [0.29, 0.717) is 17.1 Å². The van der Waals surface area contributed by atoms with E-state index in [9.17, 15) is 9.59 Å². The van der Waals surface area contributed by atoms with E-state index in [2.05, 4.69) is 15.5 Å². The van der Waals surface area contributed by atoms with Crippen molar-refractivity contribution < 1.29 is 4.79 Å². The minimum atomic E-state index is -0.316. The summed E-state index contributed by atoms with van der Waals surface area (Å²) in [5, 5.41) is 11.5. The Balaban J connectivity index is 1.64. The van der Waals surface area contributed by atoms with Crippen LogP contribution < -0.4 is 10.9 Å². The minimum Gasteiger partial charge on any atom is -0.350 e. The summed E-state index contributed by atoms with van der Waals surface area (Å²) in [5.74, 6) is -0.182. The van der Waals surface area contributed by atoms with Gasteiger partial charge in [-0.1, -0.05) is 41.9 Å². The van der Waals surface area contributed by atoms with Gasteiger partial charge in [0.2, 0.25) is 5.91 Å². The SMILES string of the molecule is O=C(Cn1c2ccccc2c2cn[nH]c(=O)c21)NCc1ccc(Cl)cc1. The molecule has 26 heavy (non-hydrogen) atoms. The van der Waals surface area contributed by atoms with Gasteiger partial charge in [0, 0.05) is 27.9 Å². The van der Waals surface area contributed by atoms with Crippen molar-refractivity contribution in [3.8, 4) is 0 Å². The zero-order chi connectivity index (χ0) is 18.1. The monoisotopic (exact) mass is 366 g/mol. The second-order valence-electron chi connectivity index (χ2n) is 5.97. The number of carbonyl (C=O) groups excluding carboxylic acids is 1. The predicted molar refractivity (Wildman–Crippen MR) is 101 cm³/mol. The fourth-order valence-corrected chi connectivity index (χ4v) is 3.21. The van der Waals surface area contributed by atoms with Crippen molar-refractivity contribution in [2.75, 3.05) is 0 Å². The molecule has 0 saturated heterocycles. The molecule has 6 nitrogen and oxygen atoms in total. The van der Waals surface area contributed by atoms with Crippen LogP contribution in [0.5, 0.6) is 0 Å². The number of halogens is 1. The number of benzene rings is 2. The smallest absolute Gasteiger partial charge is 0.288 e. The van der Waals surface area contributed by atoms with Gasteiger partial charge >= 0.3 is 0 Å². The van der Waals surface area contributed by atoms with Gasteiger partial charge in [-0.3, -0.25) is 9.59 Å². The first-order chi connectivity index (χ1) is 12.6. The number of amides is 1. The summed E-state index contributed by atoms with van der Waals surface area (Å²) in [6.07, 6.45) is 1.61. The molecule has 4 aromatic rings. The van der Waals surface area contributed by atoms with Crippen molar-refractivity contribution in [3.63, 3.8) is 0 Å². The maximum atomic E-state index is 12.5. The van der Waals surface area contributed by atoms with Crippen LogP contribution in [0.25, 0.3) is 21.8 Å². The lowest BCUT2D eigenvalue weighted by molar-refractivity contribution is -0.121. The van der Waals surface area contributed by atoms with E-state index in [4.69, 9.17) is 11.6 Å². The molecular formula is C19H15ClN4O2. The first-order valence-corrected chi connectivity index (χ1v) is 8.47. The molecular weight excluding hydrogens is 352 g/mol. The summed E-state index contributed by atoms with van der Waals surface area (Å²) in [6.45, 7) is 0.440. The number of rotatable bonds is 4. The van der Waals surface area contributed by atoms with Crippen molar-refractivity contribution in [2.24, 2.45) is 0 Å². The lowest BCUT2D eigenvalue weighted by Crippen LogP contribution is -2.28. The number of aromatic nitrogens is 3. The van der Waals surface area contributed by atoms with Gasteiger partial charge in [-0.2, -0.15) is 5.10 Å². The van der Waals surface area contributed by atoms with Crippen LogP contribution in [0, 0.1) is 0 Å². The van der Waals surface area contributed by atoms with Gasteiger partial charge in [-0.15, -0.1) is 0 Å². The number of hydrogen-bond acceptors (Lipinski definition) is 3. The number of H-pyrrole nitrogens is 1. The number of fused-ring (bicyclic) bond motifs is 3. The van der Waals surface area contributed by atoms with Gasteiger partial charge in [-0.25, -0.2) is 5.10 Å². The fraction of sp³-hybridized carbons (Fsp3) is 0.105. The molecule has 0 aliphatic heterocycles. The second kappa shape index (κ2) is 6.65. The van der Waals surface area contributed by atoms with E-state index in [1.54, 1.807) is 22.9 Å². The highest BCUT2D eigenvalue weighted by Crippen LogP contribution is 2.25. The van der Waals surface area contributed by atoms with Crippen LogP contribution in [0.3, 0.4) is 0 Å². The van der Waals surface area contributed by atoms with E-state index in [-0.39, 0.29) is 18.0 Å². The molecule has 130 valence electrons. The molecule has 0 radical (unpaired) electrons. The molecule has 2 aromatic carbocycles. The van der Waals surface area contributed by atoms with E-state index >= 15 is 0 Å². The highest BCUT2D eigenvalue weighted by Gasteiger charge is 2.15. The Kier molecular flexibility index (Phi) is 4.18. The third-order valence-electron chi connectivity index (χ3n) is 4.29. The van der Waals surface area contributed by atoms with Crippen LogP contribution in [0.15, 0.2) is 59.5 Å². The van der Waals surface area contributed by atoms with E-state index in [1.165, 1.54) is 0 Å². The molecule has 4 rings (SSSR count). The van der Waals surface area contributed by atoms with Crippen LogP contribution in [-0.4, -0.2) is 20.7 Å². The lowest BCUT2D eigenvalue weighted by atomic mass is 10.2. The Labute approximate surface area is 153 Å². The molecule has 0 spiro atoms. The Morgan fingerprint density at radius 3 is 2.69 bits per heavy atom. The van der Waals surface area contributed by atoms with Gasteiger partial charge in [0.1, 0.15) is 12.1 Å². The fourth-order valence-electron chi connectivity index (χ4n) is 3.08. The highest BCUT2D eigenvalue weighted by molar-refractivity contribution is 6.30. The molecule has 0 saturated carbocycles. The van der Waals surface area contributed by atoms with E-state index in [1.807, 2.05) is 36.4 Å². The Hall–Kier alpha value is -3.12. The van der Waals surface area contributed by atoms with Gasteiger partial charge in [0.25, 0.3) is 5.56 Å². The number of hydrogen-bond donors (Lipinski definition) is 2. The molecule has 7 heteroatoms. The van der Waals surface area contributed by atoms with Gasteiger partial charge in [0.15, 0.2) is 0 Å². The molecule has 0 aliphatic carbocycles. The van der Waals surface area contributed by atoms with Crippen molar-refractivity contribution >= 4 is 39.3 Å². The van der Waals surface area contributed by atoms with E-state index < -0.39 is 0 Å². The van der Waals surface area contributed by atoms with Crippen LogP contribution in [-0.2, 0) is 17.9 Å². The van der Waals surface area contributed by atoms with Crippen LogP contribution >= 0.6 is 11.6 Å². The zero-order valence-corrected chi connectivity index (χ0v) is 14.5. The summed E-state index contributed by atoms with van der Waals surface area (Å²) >= 11 is 5.87. The molecule has 0 atom stereocenters. The number of nitrogens with zero attached hydrogens (tertiary/aromatic N) is 2. The van der Waals surface area contributed by atoms with E-state index in [0.717, 1.165) is 21.9 Å². The summed E-state index contributed by atoms with van der Waals surface area (Å²) in [6, 6.07) is 14.9. The van der Waals surface area contributed by atoms with Crippen molar-refractivity contribution in [1.82, 2.24) is 20.1 Å². The minimum absolute atomic E-state index is 0.0463. The van der Waals surface area contributed by atoms with Crippen molar-refractivity contribution in [3.05, 3.63) is 75.7 Å². The molecule has 2 aromatic heterocycles. The summed E-state index contributed by atoms with van der Waals surface area (Å²) in [5.41, 5.74) is 1.90. The molecule has 0 aliphatic rings. The molecule has 0 fully saturated rings. The molecule has 2 heterocycles. The van der Waals surface area contributed by atoms with Crippen molar-refractivity contribution in [2.45, 2.75) is 13.1 Å². The molecule has 2 N–H and O–H groups in total. The zero-order valence-electron chi connectivity index (χ0n) is 13.7. The maximum absolute atomic E-state index is 12.5. The topological polar surface area (TPSA) is 79.8 Å². The first kappa shape index (κ1) is 16.4. The summed E-state index contributed by atoms with van der Waals surface area (Å²) in [7, 11) is 0. The third-order valence-corrected chi connectivity index (χ3v) is 4.54. The van der Waals surface area contributed by atoms with Gasteiger partial charge in [0.05, 0.1) is 6.20 Å². The van der Waals surface area contributed by atoms with Crippen molar-refractivity contribution in [1.29, 1.82) is 0 Å². The summed E-state index contributed by atoms with van der Waals surface area (Å²) in [4.78, 5) is 24.7. The lowest BCUT2D eigenvalue weighted by Gasteiger charge is -2.08. The number of aromatic amines is 1.